The molecule has 2 rings (SSSR count). The Morgan fingerprint density at radius 3 is 2.94 bits per heavy atom. The van der Waals surface area contributed by atoms with Crippen molar-refractivity contribution in [3.8, 4) is 0 Å². The summed E-state index contributed by atoms with van der Waals surface area (Å²) in [6.45, 7) is 2.76. The lowest BCUT2D eigenvalue weighted by atomic mass is 10.2. The van der Waals surface area contributed by atoms with Crippen molar-refractivity contribution in [3.05, 3.63) is 41.5 Å². The Morgan fingerprint density at radius 1 is 1.39 bits per heavy atom. The summed E-state index contributed by atoms with van der Waals surface area (Å²) in [6.07, 6.45) is 1.75. The van der Waals surface area contributed by atoms with Gasteiger partial charge in [-0.1, -0.05) is 5.21 Å². The van der Waals surface area contributed by atoms with Gasteiger partial charge in [0.2, 0.25) is 0 Å². The van der Waals surface area contributed by atoms with Crippen LogP contribution in [0.3, 0.4) is 0 Å². The van der Waals surface area contributed by atoms with Gasteiger partial charge in [-0.25, -0.2) is 9.07 Å². The molecule has 18 heavy (non-hydrogen) atoms. The number of nitrogens with one attached hydrogen (secondary N) is 1. The van der Waals surface area contributed by atoms with Crippen LogP contribution in [0.15, 0.2) is 24.4 Å². The normalized spacial score (nSPS) is 10.6. The van der Waals surface area contributed by atoms with Crippen molar-refractivity contribution in [2.24, 2.45) is 0 Å². The number of aryl methyl sites for hydroxylation is 1. The van der Waals surface area contributed by atoms with E-state index in [0.29, 0.717) is 18.8 Å². The average Bonchev–Trinajstić information content (AvgIpc) is 2.74. The molecular weight excluding hydrogens is 235 g/mol. The van der Waals surface area contributed by atoms with Gasteiger partial charge in [0.25, 0.3) is 0 Å². The Kier molecular flexibility index (Phi) is 3.88. The molecule has 0 bridgehead atoms. The van der Waals surface area contributed by atoms with Crippen molar-refractivity contribution in [2.75, 3.05) is 11.9 Å². The molecule has 0 radical (unpaired) electrons. The van der Waals surface area contributed by atoms with Crippen molar-refractivity contribution >= 4 is 5.69 Å². The van der Waals surface area contributed by atoms with Crippen LogP contribution in [0.2, 0.25) is 0 Å². The number of hydrogen-bond donors (Lipinski definition) is 2. The number of anilines is 1. The maximum Gasteiger partial charge on any atom is 0.125 e. The van der Waals surface area contributed by atoms with Gasteiger partial charge < -0.3 is 10.4 Å². The van der Waals surface area contributed by atoms with E-state index in [-0.39, 0.29) is 12.4 Å². The molecule has 2 N–H and O–H groups in total. The fraction of sp³-hybridized carbons (Fsp3) is 0.333. The molecule has 0 unspecified atom stereocenters. The molecule has 0 atom stereocenters. The minimum absolute atomic E-state index is 0.0271. The molecule has 2 aromatic rings. The number of rotatable bonds is 5. The number of aliphatic hydroxyl groups excluding tert-OH is 1. The van der Waals surface area contributed by atoms with Crippen LogP contribution in [0, 0.1) is 12.7 Å². The van der Waals surface area contributed by atoms with Gasteiger partial charge >= 0.3 is 0 Å². The Balaban J connectivity index is 1.97. The van der Waals surface area contributed by atoms with Crippen molar-refractivity contribution in [2.45, 2.75) is 20.0 Å². The van der Waals surface area contributed by atoms with E-state index >= 15 is 0 Å². The van der Waals surface area contributed by atoms with E-state index in [1.165, 1.54) is 12.1 Å². The van der Waals surface area contributed by atoms with E-state index in [9.17, 15) is 4.39 Å². The van der Waals surface area contributed by atoms with Gasteiger partial charge in [0.1, 0.15) is 11.5 Å². The van der Waals surface area contributed by atoms with Gasteiger partial charge in [0.15, 0.2) is 0 Å². The summed E-state index contributed by atoms with van der Waals surface area (Å²) in [5, 5.41) is 19.6. The van der Waals surface area contributed by atoms with Crippen LogP contribution in [0.1, 0.15) is 11.3 Å². The quantitative estimate of drug-likeness (QED) is 0.840. The first-order chi connectivity index (χ1) is 8.67. The van der Waals surface area contributed by atoms with E-state index in [4.69, 9.17) is 5.11 Å². The molecule has 0 aliphatic carbocycles. The highest BCUT2D eigenvalue weighted by atomic mass is 19.1. The van der Waals surface area contributed by atoms with E-state index in [1.807, 2.05) is 13.0 Å². The van der Waals surface area contributed by atoms with Crippen LogP contribution in [0.5, 0.6) is 0 Å². The molecular formula is C12H15FN4O. The minimum Gasteiger partial charge on any atom is -0.394 e. The highest BCUT2D eigenvalue weighted by Gasteiger charge is 2.02. The van der Waals surface area contributed by atoms with Crippen molar-refractivity contribution in [1.82, 2.24) is 15.0 Å². The van der Waals surface area contributed by atoms with Crippen LogP contribution >= 0.6 is 0 Å². The number of aliphatic hydroxyl groups is 1. The standard InChI is InChI=1S/C12H15FN4O/c1-9-4-10(13)6-11(5-9)14-7-12-8-17(2-3-18)16-15-12/h4-6,8,14,18H,2-3,7H2,1H3. The molecule has 6 heteroatoms. The molecule has 96 valence electrons. The van der Waals surface area contributed by atoms with Crippen molar-refractivity contribution in [1.29, 1.82) is 0 Å². The summed E-state index contributed by atoms with van der Waals surface area (Å²) in [4.78, 5) is 0. The first kappa shape index (κ1) is 12.5. The van der Waals surface area contributed by atoms with Crippen LogP contribution in [0.4, 0.5) is 10.1 Å². The predicted octanol–water partition coefficient (Wildman–Crippen LogP) is 1.33. The lowest BCUT2D eigenvalue weighted by molar-refractivity contribution is 0.268. The Bertz CT molecular complexity index is 506. The molecule has 0 spiro atoms. The predicted molar refractivity (Wildman–Crippen MR) is 65.6 cm³/mol. The van der Waals surface area contributed by atoms with E-state index < -0.39 is 0 Å². The first-order valence-corrected chi connectivity index (χ1v) is 5.68. The van der Waals surface area contributed by atoms with Gasteiger partial charge in [-0.2, -0.15) is 0 Å². The third kappa shape index (κ3) is 3.27. The maximum atomic E-state index is 13.2. The van der Waals surface area contributed by atoms with E-state index in [1.54, 1.807) is 10.9 Å². The van der Waals surface area contributed by atoms with Crippen LogP contribution in [-0.4, -0.2) is 26.7 Å². The summed E-state index contributed by atoms with van der Waals surface area (Å²) < 4.78 is 14.7. The van der Waals surface area contributed by atoms with Crippen LogP contribution in [-0.2, 0) is 13.1 Å². The number of aromatic nitrogens is 3. The highest BCUT2D eigenvalue weighted by molar-refractivity contribution is 5.46. The fourth-order valence-corrected chi connectivity index (χ4v) is 1.66. The van der Waals surface area contributed by atoms with Gasteiger partial charge in [0.05, 0.1) is 25.9 Å². The first-order valence-electron chi connectivity index (χ1n) is 5.68. The number of hydrogen-bond acceptors (Lipinski definition) is 4. The summed E-state index contributed by atoms with van der Waals surface area (Å²) in [6, 6.07) is 4.77. The monoisotopic (exact) mass is 250 g/mol. The van der Waals surface area contributed by atoms with Crippen molar-refractivity contribution < 1.29 is 9.50 Å². The third-order valence-electron chi connectivity index (χ3n) is 2.43. The van der Waals surface area contributed by atoms with E-state index in [0.717, 1.165) is 11.3 Å². The number of benzene rings is 1. The van der Waals surface area contributed by atoms with Crippen molar-refractivity contribution in [3.63, 3.8) is 0 Å². The summed E-state index contributed by atoms with van der Waals surface area (Å²) in [5.41, 5.74) is 2.32. The Hall–Kier alpha value is -1.95. The number of halogens is 1. The maximum absolute atomic E-state index is 13.2. The molecule has 1 aromatic carbocycles. The summed E-state index contributed by atoms with van der Waals surface area (Å²) >= 11 is 0. The molecule has 0 aliphatic heterocycles. The molecule has 0 saturated carbocycles. The third-order valence-corrected chi connectivity index (χ3v) is 2.43. The Morgan fingerprint density at radius 2 is 2.22 bits per heavy atom. The molecule has 0 fully saturated rings. The van der Waals surface area contributed by atoms with Gasteiger partial charge in [0, 0.05) is 5.69 Å². The summed E-state index contributed by atoms with van der Waals surface area (Å²) in [5.74, 6) is -0.263. The largest absolute Gasteiger partial charge is 0.394 e. The van der Waals surface area contributed by atoms with E-state index in [2.05, 4.69) is 15.6 Å². The Labute approximate surface area is 104 Å². The zero-order chi connectivity index (χ0) is 13.0. The van der Waals surface area contributed by atoms with Crippen LogP contribution < -0.4 is 5.32 Å². The second kappa shape index (κ2) is 5.59. The molecule has 1 aromatic heterocycles. The fourth-order valence-electron chi connectivity index (χ4n) is 1.66. The molecule has 0 amide bonds. The SMILES string of the molecule is Cc1cc(F)cc(NCc2cn(CCO)nn2)c1. The highest BCUT2D eigenvalue weighted by Crippen LogP contribution is 2.13. The molecule has 0 aliphatic rings. The van der Waals surface area contributed by atoms with Crippen LogP contribution in [0.25, 0.3) is 0 Å². The van der Waals surface area contributed by atoms with Gasteiger partial charge in [-0.15, -0.1) is 5.10 Å². The second-order valence-electron chi connectivity index (χ2n) is 4.07. The zero-order valence-corrected chi connectivity index (χ0v) is 10.1. The lowest BCUT2D eigenvalue weighted by Crippen LogP contribution is -2.02. The lowest BCUT2D eigenvalue weighted by Gasteiger charge is -2.05. The van der Waals surface area contributed by atoms with Gasteiger partial charge in [-0.05, 0) is 30.7 Å². The summed E-state index contributed by atoms with van der Waals surface area (Å²) in [7, 11) is 0. The minimum atomic E-state index is -0.263. The topological polar surface area (TPSA) is 63.0 Å². The average molecular weight is 250 g/mol. The molecule has 5 nitrogen and oxygen atoms in total. The number of nitrogens with zero attached hydrogens (tertiary/aromatic N) is 3. The van der Waals surface area contributed by atoms with Gasteiger partial charge in [-0.3, -0.25) is 0 Å². The molecule has 0 saturated heterocycles. The second-order valence-corrected chi connectivity index (χ2v) is 4.07. The zero-order valence-electron chi connectivity index (χ0n) is 10.1. The smallest absolute Gasteiger partial charge is 0.125 e. The molecule has 1 heterocycles.